The Balaban J connectivity index is 1.76. The first kappa shape index (κ1) is 13.6. The highest BCUT2D eigenvalue weighted by atomic mass is 16.2. The molecule has 0 bridgehead atoms. The third kappa shape index (κ3) is 4.39. The van der Waals surface area contributed by atoms with Crippen molar-refractivity contribution in [2.45, 2.75) is 32.6 Å². The molecule has 1 aliphatic carbocycles. The number of rotatable bonds is 7. The SMILES string of the molecule is CCCc1nc(N)cc(NCCNC(=O)C2CC2)n1. The van der Waals surface area contributed by atoms with E-state index in [4.69, 9.17) is 5.73 Å². The molecule has 1 aliphatic rings. The molecule has 0 saturated heterocycles. The predicted molar refractivity (Wildman–Crippen MR) is 74.7 cm³/mol. The van der Waals surface area contributed by atoms with Gasteiger partial charge in [-0.05, 0) is 19.3 Å². The molecule has 0 radical (unpaired) electrons. The zero-order chi connectivity index (χ0) is 13.7. The molecule has 1 amide bonds. The number of aromatic nitrogens is 2. The van der Waals surface area contributed by atoms with Gasteiger partial charge in [-0.3, -0.25) is 4.79 Å². The second kappa shape index (κ2) is 6.36. The second-order valence-corrected chi connectivity index (χ2v) is 4.84. The van der Waals surface area contributed by atoms with Crippen LogP contribution in [0.5, 0.6) is 0 Å². The molecule has 1 aromatic rings. The lowest BCUT2D eigenvalue weighted by molar-refractivity contribution is -0.122. The summed E-state index contributed by atoms with van der Waals surface area (Å²) in [5.41, 5.74) is 5.73. The first-order valence-electron chi connectivity index (χ1n) is 6.84. The maximum Gasteiger partial charge on any atom is 0.223 e. The van der Waals surface area contributed by atoms with Crippen molar-refractivity contribution in [1.29, 1.82) is 0 Å². The number of amides is 1. The highest BCUT2D eigenvalue weighted by Crippen LogP contribution is 2.28. The van der Waals surface area contributed by atoms with Crippen molar-refractivity contribution in [1.82, 2.24) is 15.3 Å². The van der Waals surface area contributed by atoms with Gasteiger partial charge in [0.15, 0.2) is 0 Å². The normalized spacial score (nSPS) is 14.2. The smallest absolute Gasteiger partial charge is 0.223 e. The number of anilines is 2. The second-order valence-electron chi connectivity index (χ2n) is 4.84. The van der Waals surface area contributed by atoms with Crippen molar-refractivity contribution in [3.63, 3.8) is 0 Å². The van der Waals surface area contributed by atoms with E-state index in [-0.39, 0.29) is 11.8 Å². The van der Waals surface area contributed by atoms with Crippen LogP contribution in [0, 0.1) is 5.92 Å². The number of hydrogen-bond acceptors (Lipinski definition) is 5. The first-order valence-corrected chi connectivity index (χ1v) is 6.84. The Morgan fingerprint density at radius 3 is 2.89 bits per heavy atom. The van der Waals surface area contributed by atoms with Crippen molar-refractivity contribution < 1.29 is 4.79 Å². The summed E-state index contributed by atoms with van der Waals surface area (Å²) in [6.45, 7) is 3.32. The zero-order valence-corrected chi connectivity index (χ0v) is 11.3. The van der Waals surface area contributed by atoms with Gasteiger partial charge in [-0.2, -0.15) is 0 Å². The number of hydrogen-bond donors (Lipinski definition) is 3. The summed E-state index contributed by atoms with van der Waals surface area (Å²) in [5.74, 6) is 2.37. The fraction of sp³-hybridized carbons (Fsp3) is 0.615. The Hall–Kier alpha value is -1.85. The lowest BCUT2D eigenvalue weighted by atomic mass is 10.3. The molecule has 4 N–H and O–H groups in total. The summed E-state index contributed by atoms with van der Waals surface area (Å²) in [6, 6.07) is 1.71. The summed E-state index contributed by atoms with van der Waals surface area (Å²) >= 11 is 0. The highest BCUT2D eigenvalue weighted by molar-refractivity contribution is 5.80. The molecule has 1 fully saturated rings. The summed E-state index contributed by atoms with van der Waals surface area (Å²) in [6.07, 6.45) is 3.86. The third-order valence-electron chi connectivity index (χ3n) is 2.94. The van der Waals surface area contributed by atoms with Gasteiger partial charge in [0.05, 0.1) is 0 Å². The van der Waals surface area contributed by atoms with Crippen LogP contribution in [0.15, 0.2) is 6.07 Å². The molecule has 0 aromatic carbocycles. The molecule has 19 heavy (non-hydrogen) atoms. The average molecular weight is 263 g/mol. The fourth-order valence-corrected chi connectivity index (χ4v) is 1.81. The maximum atomic E-state index is 11.4. The minimum absolute atomic E-state index is 0.163. The molecule has 0 atom stereocenters. The summed E-state index contributed by atoms with van der Waals surface area (Å²) < 4.78 is 0. The van der Waals surface area contributed by atoms with E-state index < -0.39 is 0 Å². The maximum absolute atomic E-state index is 11.4. The van der Waals surface area contributed by atoms with Crippen molar-refractivity contribution in [2.75, 3.05) is 24.1 Å². The number of nitrogens with one attached hydrogen (secondary N) is 2. The molecule has 1 saturated carbocycles. The Labute approximate surface area is 113 Å². The quantitative estimate of drug-likeness (QED) is 0.637. The number of aryl methyl sites for hydroxylation is 1. The standard InChI is InChI=1S/C13H21N5O/c1-2-3-11-17-10(14)8-12(18-11)15-6-7-16-13(19)9-4-5-9/h8-9H,2-7H2,1H3,(H,16,19)(H3,14,15,17,18). The molecule has 2 rings (SSSR count). The predicted octanol–water partition coefficient (Wildman–Crippen LogP) is 0.949. The first-order chi connectivity index (χ1) is 9.19. The van der Waals surface area contributed by atoms with Gasteiger partial charge in [0.25, 0.3) is 0 Å². The van der Waals surface area contributed by atoms with Crippen LogP contribution in [0.3, 0.4) is 0 Å². The highest BCUT2D eigenvalue weighted by Gasteiger charge is 2.28. The van der Waals surface area contributed by atoms with Crippen LogP contribution in [0.25, 0.3) is 0 Å². The molecule has 104 valence electrons. The van der Waals surface area contributed by atoms with Gasteiger partial charge >= 0.3 is 0 Å². The van der Waals surface area contributed by atoms with Gasteiger partial charge < -0.3 is 16.4 Å². The minimum Gasteiger partial charge on any atom is -0.384 e. The van der Waals surface area contributed by atoms with Crippen LogP contribution < -0.4 is 16.4 Å². The van der Waals surface area contributed by atoms with E-state index >= 15 is 0 Å². The van der Waals surface area contributed by atoms with E-state index in [1.807, 2.05) is 0 Å². The van der Waals surface area contributed by atoms with Gasteiger partial charge in [0.2, 0.25) is 5.91 Å². The number of nitrogens with two attached hydrogens (primary N) is 1. The van der Waals surface area contributed by atoms with E-state index in [0.29, 0.717) is 18.9 Å². The molecule has 1 heterocycles. The number of carbonyl (C=O) groups excluding carboxylic acids is 1. The average Bonchev–Trinajstić information content (AvgIpc) is 3.18. The number of carbonyl (C=O) groups is 1. The van der Waals surface area contributed by atoms with E-state index in [1.54, 1.807) is 6.07 Å². The van der Waals surface area contributed by atoms with Crippen LogP contribution in [-0.2, 0) is 11.2 Å². The molecule has 6 nitrogen and oxygen atoms in total. The zero-order valence-electron chi connectivity index (χ0n) is 11.3. The van der Waals surface area contributed by atoms with Crippen LogP contribution >= 0.6 is 0 Å². The molecule has 0 unspecified atom stereocenters. The summed E-state index contributed by atoms with van der Waals surface area (Å²) in [4.78, 5) is 20.0. The van der Waals surface area contributed by atoms with E-state index in [1.165, 1.54) is 0 Å². The number of nitrogens with zero attached hydrogens (tertiary/aromatic N) is 2. The van der Waals surface area contributed by atoms with Gasteiger partial charge in [-0.15, -0.1) is 0 Å². The van der Waals surface area contributed by atoms with E-state index in [2.05, 4.69) is 27.5 Å². The Kier molecular flexibility index (Phi) is 4.54. The van der Waals surface area contributed by atoms with Gasteiger partial charge in [0, 0.05) is 31.5 Å². The van der Waals surface area contributed by atoms with E-state index in [0.717, 1.165) is 37.3 Å². The Morgan fingerprint density at radius 2 is 2.21 bits per heavy atom. The minimum atomic E-state index is 0.163. The molecule has 0 aliphatic heterocycles. The van der Waals surface area contributed by atoms with Gasteiger partial charge in [-0.1, -0.05) is 6.92 Å². The number of nitrogen functional groups attached to an aromatic ring is 1. The molecular weight excluding hydrogens is 242 g/mol. The summed E-state index contributed by atoms with van der Waals surface area (Å²) in [5, 5.41) is 6.05. The van der Waals surface area contributed by atoms with Crippen LogP contribution in [0.2, 0.25) is 0 Å². The largest absolute Gasteiger partial charge is 0.384 e. The lowest BCUT2D eigenvalue weighted by Crippen LogP contribution is -2.30. The third-order valence-corrected chi connectivity index (χ3v) is 2.94. The fourth-order valence-electron chi connectivity index (χ4n) is 1.81. The Bertz CT molecular complexity index is 445. The van der Waals surface area contributed by atoms with Crippen molar-refractivity contribution in [3.8, 4) is 0 Å². The summed E-state index contributed by atoms with van der Waals surface area (Å²) in [7, 11) is 0. The van der Waals surface area contributed by atoms with Gasteiger partial charge in [-0.25, -0.2) is 9.97 Å². The molecular formula is C13H21N5O. The monoisotopic (exact) mass is 263 g/mol. The van der Waals surface area contributed by atoms with Crippen molar-refractivity contribution in [2.24, 2.45) is 5.92 Å². The van der Waals surface area contributed by atoms with Crippen molar-refractivity contribution in [3.05, 3.63) is 11.9 Å². The van der Waals surface area contributed by atoms with Crippen molar-refractivity contribution >= 4 is 17.5 Å². The molecule has 6 heteroatoms. The van der Waals surface area contributed by atoms with Crippen LogP contribution in [-0.4, -0.2) is 29.0 Å². The van der Waals surface area contributed by atoms with E-state index in [9.17, 15) is 4.79 Å². The van der Waals surface area contributed by atoms with Crippen LogP contribution in [0.1, 0.15) is 32.0 Å². The lowest BCUT2D eigenvalue weighted by Gasteiger charge is -2.09. The topological polar surface area (TPSA) is 92.9 Å². The van der Waals surface area contributed by atoms with Gasteiger partial charge in [0.1, 0.15) is 17.5 Å². The van der Waals surface area contributed by atoms with Crippen LogP contribution in [0.4, 0.5) is 11.6 Å². The molecule has 1 aromatic heterocycles. The molecule has 0 spiro atoms. The Morgan fingerprint density at radius 1 is 1.42 bits per heavy atom.